The molecule has 1 heterocycles. The molecule has 0 atom stereocenters. The Balaban J connectivity index is 1.10. The molecule has 0 fully saturated rings. The van der Waals surface area contributed by atoms with Crippen molar-refractivity contribution in [3.63, 3.8) is 0 Å². The van der Waals surface area contributed by atoms with Gasteiger partial charge in [-0.05, 0) is 124 Å². The van der Waals surface area contributed by atoms with Crippen LogP contribution in [0.15, 0.2) is 209 Å². The molecule has 0 spiro atoms. The van der Waals surface area contributed by atoms with Gasteiger partial charge in [-0.1, -0.05) is 145 Å². The molecular weight excluding hydrogens is 679 g/mol. The van der Waals surface area contributed by atoms with E-state index in [1.807, 2.05) is 18.2 Å². The van der Waals surface area contributed by atoms with Gasteiger partial charge in [0.1, 0.15) is 11.2 Å². The number of terminal acetylenes is 1. The molecule has 56 heavy (non-hydrogen) atoms. The molecule has 0 N–H and O–H groups in total. The normalized spacial score (nSPS) is 14.5. The fourth-order valence-corrected chi connectivity index (χ4v) is 9.19. The van der Waals surface area contributed by atoms with E-state index in [2.05, 4.69) is 188 Å². The third kappa shape index (κ3) is 5.28. The molecule has 0 saturated carbocycles. The number of anilines is 2. The van der Waals surface area contributed by atoms with Crippen LogP contribution in [0.2, 0.25) is 0 Å². The first-order valence-electron chi connectivity index (χ1n) is 19.4. The van der Waals surface area contributed by atoms with Gasteiger partial charge < -0.3 is 9.32 Å². The number of hydrogen-bond donors (Lipinski definition) is 0. The number of furan rings is 1. The Morgan fingerprint density at radius 3 is 1.91 bits per heavy atom. The van der Waals surface area contributed by atoms with Crippen molar-refractivity contribution in [2.45, 2.75) is 25.2 Å². The van der Waals surface area contributed by atoms with Crippen LogP contribution >= 0.6 is 0 Å². The highest BCUT2D eigenvalue weighted by Crippen LogP contribution is 2.56. The van der Waals surface area contributed by atoms with Crippen LogP contribution in [0, 0.1) is 12.3 Å². The highest BCUT2D eigenvalue weighted by atomic mass is 16.3. The molecule has 2 aliphatic rings. The maximum absolute atomic E-state index is 6.13. The quantitative estimate of drug-likeness (QED) is 0.153. The standard InChI is InChI=1S/C54H39NO/c1-3-4-15-38-16-14-24-51(37(38)2)55(43-31-26-39(27-32-43)40-28-35-53-48(36-40)47-21-10-13-25-52(47)56-53)44-33-29-42(30-34-44)54(41-17-6-5-7-18-41)49-22-11-8-19-45(49)46-20-9-12-23-50(46)54/h1,4-13,15,17-36H,14,16H2,2H3/b15-4-. The Hall–Kier alpha value is -7.08. The zero-order valence-electron chi connectivity index (χ0n) is 31.2. The monoisotopic (exact) mass is 717 g/mol. The lowest BCUT2D eigenvalue weighted by Crippen LogP contribution is -2.28. The van der Waals surface area contributed by atoms with Gasteiger partial charge in [-0.25, -0.2) is 0 Å². The van der Waals surface area contributed by atoms with Crippen molar-refractivity contribution in [1.82, 2.24) is 0 Å². The second kappa shape index (κ2) is 13.6. The first-order chi connectivity index (χ1) is 27.6. The Bertz CT molecular complexity index is 2870. The zero-order chi connectivity index (χ0) is 37.6. The lowest BCUT2D eigenvalue weighted by atomic mass is 9.67. The summed E-state index contributed by atoms with van der Waals surface area (Å²) >= 11 is 0. The van der Waals surface area contributed by atoms with Crippen LogP contribution in [0.4, 0.5) is 11.4 Å². The van der Waals surface area contributed by atoms with Crippen LogP contribution in [-0.2, 0) is 5.41 Å². The van der Waals surface area contributed by atoms with E-state index in [4.69, 9.17) is 10.8 Å². The van der Waals surface area contributed by atoms with E-state index in [1.54, 1.807) is 0 Å². The minimum atomic E-state index is -0.450. The maximum Gasteiger partial charge on any atom is 0.135 e. The largest absolute Gasteiger partial charge is 0.456 e. The summed E-state index contributed by atoms with van der Waals surface area (Å²) in [5.41, 5.74) is 17.3. The van der Waals surface area contributed by atoms with E-state index in [0.717, 1.165) is 57.3 Å². The average molecular weight is 718 g/mol. The van der Waals surface area contributed by atoms with Crippen LogP contribution in [0.25, 0.3) is 44.2 Å². The summed E-state index contributed by atoms with van der Waals surface area (Å²) in [7, 11) is 0. The van der Waals surface area contributed by atoms with Crippen LogP contribution in [0.3, 0.4) is 0 Å². The maximum atomic E-state index is 6.13. The molecule has 7 aromatic carbocycles. The van der Waals surface area contributed by atoms with Gasteiger partial charge in [0.25, 0.3) is 0 Å². The topological polar surface area (TPSA) is 16.4 Å². The molecule has 8 aromatic rings. The van der Waals surface area contributed by atoms with Crippen molar-refractivity contribution < 1.29 is 4.42 Å². The molecule has 0 bridgehead atoms. The number of nitrogens with zero attached hydrogens (tertiary/aromatic N) is 1. The number of hydrogen-bond acceptors (Lipinski definition) is 2. The molecule has 2 nitrogen and oxygen atoms in total. The van der Waals surface area contributed by atoms with E-state index < -0.39 is 5.41 Å². The van der Waals surface area contributed by atoms with Crippen molar-refractivity contribution >= 4 is 33.3 Å². The summed E-state index contributed by atoms with van der Waals surface area (Å²) in [5.74, 6) is 2.69. The summed E-state index contributed by atoms with van der Waals surface area (Å²) in [6.45, 7) is 2.22. The predicted molar refractivity (Wildman–Crippen MR) is 233 cm³/mol. The highest BCUT2D eigenvalue weighted by Gasteiger charge is 2.45. The Morgan fingerprint density at radius 2 is 1.20 bits per heavy atom. The van der Waals surface area contributed by atoms with Crippen LogP contribution in [-0.4, -0.2) is 0 Å². The van der Waals surface area contributed by atoms with Gasteiger partial charge in [-0.15, -0.1) is 6.42 Å². The van der Waals surface area contributed by atoms with Crippen LogP contribution < -0.4 is 4.90 Å². The highest BCUT2D eigenvalue weighted by molar-refractivity contribution is 6.06. The van der Waals surface area contributed by atoms with Gasteiger partial charge in [0.15, 0.2) is 0 Å². The van der Waals surface area contributed by atoms with Crippen molar-refractivity contribution in [1.29, 1.82) is 0 Å². The minimum Gasteiger partial charge on any atom is -0.456 e. The summed E-state index contributed by atoms with van der Waals surface area (Å²) in [6, 6.07) is 61.8. The first kappa shape index (κ1) is 33.5. The van der Waals surface area contributed by atoms with Crippen molar-refractivity contribution in [3.05, 3.63) is 227 Å². The first-order valence-corrected chi connectivity index (χ1v) is 19.4. The number of allylic oxidation sites excluding steroid dienone is 5. The molecule has 2 heteroatoms. The van der Waals surface area contributed by atoms with Crippen LogP contribution in [0.5, 0.6) is 0 Å². The zero-order valence-corrected chi connectivity index (χ0v) is 31.2. The fourth-order valence-electron chi connectivity index (χ4n) is 9.19. The molecule has 0 saturated heterocycles. The molecule has 2 aliphatic carbocycles. The van der Waals surface area contributed by atoms with Gasteiger partial charge in [0.05, 0.1) is 5.41 Å². The molecule has 0 aliphatic heterocycles. The van der Waals surface area contributed by atoms with Gasteiger partial charge in [-0.2, -0.15) is 0 Å². The lowest BCUT2D eigenvalue weighted by molar-refractivity contribution is 0.669. The van der Waals surface area contributed by atoms with Crippen molar-refractivity contribution in [2.75, 3.05) is 4.90 Å². The molecule has 266 valence electrons. The van der Waals surface area contributed by atoms with E-state index in [0.29, 0.717) is 0 Å². The minimum absolute atomic E-state index is 0.450. The summed E-state index contributed by atoms with van der Waals surface area (Å²) < 4.78 is 6.13. The Labute approximate surface area is 328 Å². The predicted octanol–water partition coefficient (Wildman–Crippen LogP) is 13.9. The Morgan fingerprint density at radius 1 is 0.607 bits per heavy atom. The van der Waals surface area contributed by atoms with Crippen molar-refractivity contribution in [2.24, 2.45) is 0 Å². The second-order valence-electron chi connectivity index (χ2n) is 14.7. The SMILES string of the molecule is C#C/C=C\C1=C(C)C(N(c2ccc(-c3ccc4oc5ccccc5c4c3)cc2)c2ccc(C3(c4ccccc4)c4ccccc4-c4ccccc43)cc2)=CCC1. The van der Waals surface area contributed by atoms with E-state index in [9.17, 15) is 0 Å². The average Bonchev–Trinajstić information content (AvgIpc) is 3.78. The smallest absolute Gasteiger partial charge is 0.135 e. The molecule has 0 amide bonds. The molecule has 0 unspecified atom stereocenters. The summed E-state index contributed by atoms with van der Waals surface area (Å²) in [6.07, 6.45) is 13.9. The summed E-state index contributed by atoms with van der Waals surface area (Å²) in [4.78, 5) is 2.41. The molecule has 1 aromatic heterocycles. The van der Waals surface area contributed by atoms with Crippen molar-refractivity contribution in [3.8, 4) is 34.6 Å². The lowest BCUT2D eigenvalue weighted by Gasteiger charge is -2.35. The molecule has 0 radical (unpaired) electrons. The van der Waals surface area contributed by atoms with E-state index in [-0.39, 0.29) is 0 Å². The molecular formula is C54H39NO. The second-order valence-corrected chi connectivity index (χ2v) is 14.7. The number of para-hydroxylation sites is 1. The van der Waals surface area contributed by atoms with E-state index >= 15 is 0 Å². The van der Waals surface area contributed by atoms with Gasteiger partial charge in [-0.3, -0.25) is 0 Å². The van der Waals surface area contributed by atoms with Crippen LogP contribution in [0.1, 0.15) is 42.0 Å². The summed E-state index contributed by atoms with van der Waals surface area (Å²) in [5, 5.41) is 2.26. The van der Waals surface area contributed by atoms with Gasteiger partial charge in [0, 0.05) is 27.8 Å². The molecule has 10 rings (SSSR count). The van der Waals surface area contributed by atoms with Gasteiger partial charge in [0.2, 0.25) is 0 Å². The van der Waals surface area contributed by atoms with Gasteiger partial charge >= 0.3 is 0 Å². The number of fused-ring (bicyclic) bond motifs is 6. The third-order valence-electron chi connectivity index (χ3n) is 11.8. The van der Waals surface area contributed by atoms with E-state index in [1.165, 1.54) is 50.2 Å². The number of rotatable bonds is 7. The third-order valence-corrected chi connectivity index (χ3v) is 11.8. The fraction of sp³-hybridized carbons (Fsp3) is 0.0741. The number of benzene rings is 7. The Kier molecular flexibility index (Phi) is 8.16.